The fourth-order valence-corrected chi connectivity index (χ4v) is 2.17. The Morgan fingerprint density at radius 2 is 1.75 bits per heavy atom. The maximum absolute atomic E-state index is 9.41. The lowest BCUT2D eigenvalue weighted by molar-refractivity contribution is 0.472. The molecule has 16 heavy (non-hydrogen) atoms. The van der Waals surface area contributed by atoms with Gasteiger partial charge in [0.2, 0.25) is 0 Å². The molecule has 1 N–H and O–H groups in total. The number of phenolic OH excluding ortho intramolecular Hbond substituents is 1. The van der Waals surface area contributed by atoms with Crippen molar-refractivity contribution < 1.29 is 5.11 Å². The highest BCUT2D eigenvalue weighted by Gasteiger charge is 2.06. The summed E-state index contributed by atoms with van der Waals surface area (Å²) in [7, 11) is 0. The van der Waals surface area contributed by atoms with Crippen LogP contribution in [0.3, 0.4) is 0 Å². The van der Waals surface area contributed by atoms with Gasteiger partial charge in [0.05, 0.1) is 4.47 Å². The van der Waals surface area contributed by atoms with E-state index in [0.29, 0.717) is 14.5 Å². The molecule has 0 amide bonds. The fourth-order valence-electron chi connectivity index (χ4n) is 1.39. The minimum Gasteiger partial charge on any atom is -0.507 e. The standard InChI is InChI=1S/C12H7BrCl2O/c13-10-5-7(1-4-12(10)16)9-6-8(14)2-3-11(9)15/h1-6,16H. The van der Waals surface area contributed by atoms with Crippen molar-refractivity contribution in [2.24, 2.45) is 0 Å². The van der Waals surface area contributed by atoms with Crippen LogP contribution in [0, 0.1) is 0 Å². The lowest BCUT2D eigenvalue weighted by atomic mass is 10.1. The zero-order chi connectivity index (χ0) is 11.7. The van der Waals surface area contributed by atoms with E-state index in [0.717, 1.165) is 11.1 Å². The Labute approximate surface area is 112 Å². The van der Waals surface area contributed by atoms with Crippen LogP contribution in [-0.2, 0) is 0 Å². The lowest BCUT2D eigenvalue weighted by Crippen LogP contribution is -1.80. The topological polar surface area (TPSA) is 20.2 Å². The fraction of sp³-hybridized carbons (Fsp3) is 0. The molecular formula is C12H7BrCl2O. The van der Waals surface area contributed by atoms with Crippen LogP contribution >= 0.6 is 39.1 Å². The first-order chi connectivity index (χ1) is 7.58. The SMILES string of the molecule is Oc1ccc(-c2cc(Cl)ccc2Cl)cc1Br. The summed E-state index contributed by atoms with van der Waals surface area (Å²) >= 11 is 15.3. The maximum Gasteiger partial charge on any atom is 0.129 e. The predicted octanol–water partition coefficient (Wildman–Crippen LogP) is 5.13. The molecule has 4 heteroatoms. The Morgan fingerprint density at radius 3 is 2.44 bits per heavy atom. The summed E-state index contributed by atoms with van der Waals surface area (Å²) in [6, 6.07) is 10.5. The number of hydrogen-bond donors (Lipinski definition) is 1. The van der Waals surface area contributed by atoms with E-state index in [2.05, 4.69) is 15.9 Å². The van der Waals surface area contributed by atoms with Gasteiger partial charge >= 0.3 is 0 Å². The molecule has 0 aliphatic rings. The van der Waals surface area contributed by atoms with E-state index in [4.69, 9.17) is 23.2 Å². The van der Waals surface area contributed by atoms with E-state index >= 15 is 0 Å². The van der Waals surface area contributed by atoms with E-state index in [9.17, 15) is 5.11 Å². The van der Waals surface area contributed by atoms with E-state index in [1.165, 1.54) is 0 Å². The molecule has 0 aliphatic heterocycles. The van der Waals surface area contributed by atoms with Crippen molar-refractivity contribution in [2.45, 2.75) is 0 Å². The number of halogens is 3. The lowest BCUT2D eigenvalue weighted by Gasteiger charge is -2.06. The van der Waals surface area contributed by atoms with Gasteiger partial charge in [-0.1, -0.05) is 29.3 Å². The molecule has 0 fully saturated rings. The Balaban J connectivity index is 2.58. The summed E-state index contributed by atoms with van der Waals surface area (Å²) in [5.41, 5.74) is 1.74. The first-order valence-electron chi connectivity index (χ1n) is 4.52. The average molecular weight is 318 g/mol. The number of hydrogen-bond acceptors (Lipinski definition) is 1. The molecule has 0 unspecified atom stereocenters. The van der Waals surface area contributed by atoms with Crippen molar-refractivity contribution >= 4 is 39.1 Å². The Hall–Kier alpha value is -0.700. The molecule has 0 heterocycles. The molecule has 0 radical (unpaired) electrons. The van der Waals surface area contributed by atoms with Gasteiger partial charge in [-0.05, 0) is 51.8 Å². The van der Waals surface area contributed by atoms with Crippen LogP contribution in [-0.4, -0.2) is 5.11 Å². The van der Waals surface area contributed by atoms with E-state index in [1.54, 1.807) is 36.4 Å². The van der Waals surface area contributed by atoms with Gasteiger partial charge in [0, 0.05) is 15.6 Å². The van der Waals surface area contributed by atoms with Crippen LogP contribution in [0.1, 0.15) is 0 Å². The van der Waals surface area contributed by atoms with Crippen LogP contribution in [0.15, 0.2) is 40.9 Å². The summed E-state index contributed by atoms with van der Waals surface area (Å²) in [4.78, 5) is 0. The van der Waals surface area contributed by atoms with Crippen LogP contribution < -0.4 is 0 Å². The van der Waals surface area contributed by atoms with Crippen molar-refractivity contribution in [1.82, 2.24) is 0 Å². The maximum atomic E-state index is 9.41. The normalized spacial score (nSPS) is 10.4. The zero-order valence-electron chi connectivity index (χ0n) is 8.05. The molecule has 0 aliphatic carbocycles. The molecular weight excluding hydrogens is 311 g/mol. The molecule has 0 saturated heterocycles. The first kappa shape index (κ1) is 11.8. The van der Waals surface area contributed by atoms with Crippen molar-refractivity contribution in [3.05, 3.63) is 50.9 Å². The van der Waals surface area contributed by atoms with Crippen LogP contribution in [0.2, 0.25) is 10.0 Å². The minimum absolute atomic E-state index is 0.196. The molecule has 0 bridgehead atoms. The smallest absolute Gasteiger partial charge is 0.129 e. The van der Waals surface area contributed by atoms with Gasteiger partial charge in [0.25, 0.3) is 0 Å². The van der Waals surface area contributed by atoms with Gasteiger partial charge in [0.15, 0.2) is 0 Å². The highest BCUT2D eigenvalue weighted by atomic mass is 79.9. The molecule has 2 aromatic carbocycles. The second kappa shape index (κ2) is 4.66. The quantitative estimate of drug-likeness (QED) is 0.773. The first-order valence-corrected chi connectivity index (χ1v) is 6.07. The summed E-state index contributed by atoms with van der Waals surface area (Å²) < 4.78 is 0.626. The molecule has 2 aromatic rings. The molecule has 0 atom stereocenters. The number of aromatic hydroxyl groups is 1. The third kappa shape index (κ3) is 2.34. The van der Waals surface area contributed by atoms with Gasteiger partial charge in [-0.3, -0.25) is 0 Å². The number of rotatable bonds is 1. The second-order valence-electron chi connectivity index (χ2n) is 3.29. The Kier molecular flexibility index (Phi) is 3.43. The Morgan fingerprint density at radius 1 is 1.00 bits per heavy atom. The van der Waals surface area contributed by atoms with Crippen molar-refractivity contribution in [1.29, 1.82) is 0 Å². The monoisotopic (exact) mass is 316 g/mol. The third-order valence-electron chi connectivity index (χ3n) is 2.19. The molecule has 0 aromatic heterocycles. The van der Waals surface area contributed by atoms with Gasteiger partial charge in [-0.25, -0.2) is 0 Å². The van der Waals surface area contributed by atoms with Crippen molar-refractivity contribution in [2.75, 3.05) is 0 Å². The van der Waals surface area contributed by atoms with E-state index < -0.39 is 0 Å². The highest BCUT2D eigenvalue weighted by Crippen LogP contribution is 2.34. The summed E-state index contributed by atoms with van der Waals surface area (Å²) in [5.74, 6) is 0.196. The Bertz CT molecular complexity index is 541. The van der Waals surface area contributed by atoms with E-state index in [1.807, 2.05) is 0 Å². The number of benzene rings is 2. The minimum atomic E-state index is 0.196. The summed E-state index contributed by atoms with van der Waals surface area (Å²) in [6.45, 7) is 0. The second-order valence-corrected chi connectivity index (χ2v) is 4.99. The predicted molar refractivity (Wildman–Crippen MR) is 71.3 cm³/mol. The van der Waals surface area contributed by atoms with Gasteiger partial charge in [-0.2, -0.15) is 0 Å². The van der Waals surface area contributed by atoms with Crippen molar-refractivity contribution in [3.8, 4) is 16.9 Å². The van der Waals surface area contributed by atoms with Crippen molar-refractivity contribution in [3.63, 3.8) is 0 Å². The molecule has 0 spiro atoms. The van der Waals surface area contributed by atoms with Gasteiger partial charge in [-0.15, -0.1) is 0 Å². The largest absolute Gasteiger partial charge is 0.507 e. The average Bonchev–Trinajstić information content (AvgIpc) is 2.26. The summed E-state index contributed by atoms with van der Waals surface area (Å²) in [5, 5.41) is 10.7. The van der Waals surface area contributed by atoms with Crippen LogP contribution in [0.4, 0.5) is 0 Å². The molecule has 1 nitrogen and oxygen atoms in total. The van der Waals surface area contributed by atoms with Crippen LogP contribution in [0.5, 0.6) is 5.75 Å². The molecule has 82 valence electrons. The molecule has 0 saturated carbocycles. The zero-order valence-corrected chi connectivity index (χ0v) is 11.1. The van der Waals surface area contributed by atoms with E-state index in [-0.39, 0.29) is 5.75 Å². The van der Waals surface area contributed by atoms with Gasteiger partial charge < -0.3 is 5.11 Å². The summed E-state index contributed by atoms with van der Waals surface area (Å²) in [6.07, 6.45) is 0. The molecule has 2 rings (SSSR count). The highest BCUT2D eigenvalue weighted by molar-refractivity contribution is 9.10. The number of phenols is 1. The van der Waals surface area contributed by atoms with Crippen LogP contribution in [0.25, 0.3) is 11.1 Å². The van der Waals surface area contributed by atoms with Gasteiger partial charge in [0.1, 0.15) is 5.75 Å². The third-order valence-corrected chi connectivity index (χ3v) is 3.39.